The Morgan fingerprint density at radius 3 is 1.98 bits per heavy atom. The Labute approximate surface area is 246 Å². The Balaban J connectivity index is 1.49. The Kier molecular flexibility index (Phi) is 8.13. The largest absolute Gasteiger partial charge is 0.731 e. The van der Waals surface area contributed by atoms with E-state index in [2.05, 4.69) is 20.8 Å². The maximum atomic E-state index is 13.1. The summed E-state index contributed by atoms with van der Waals surface area (Å²) in [6.45, 7) is -0.256. The Hall–Kier alpha value is -4.17. The van der Waals surface area contributed by atoms with E-state index in [9.17, 15) is 17.8 Å². The van der Waals surface area contributed by atoms with Gasteiger partial charge >= 0.3 is 0 Å². The van der Waals surface area contributed by atoms with Crippen LogP contribution in [0.3, 0.4) is 0 Å². The molecule has 0 bridgehead atoms. The number of nitrogens with zero attached hydrogens (tertiary/aromatic N) is 3. The summed E-state index contributed by atoms with van der Waals surface area (Å²) in [6, 6.07) is 29.1. The highest BCUT2D eigenvalue weighted by Crippen LogP contribution is 2.40. The lowest BCUT2D eigenvalue weighted by Crippen LogP contribution is -2.65. The van der Waals surface area contributed by atoms with Crippen molar-refractivity contribution < 1.29 is 22.6 Å². The van der Waals surface area contributed by atoms with Gasteiger partial charge in [0.25, 0.3) is 5.91 Å². The fourth-order valence-corrected chi connectivity index (χ4v) is 6.52. The molecule has 41 heavy (non-hydrogen) atoms. The second kappa shape index (κ2) is 11.7. The van der Waals surface area contributed by atoms with Crippen LogP contribution in [0.15, 0.2) is 102 Å². The second-order valence-corrected chi connectivity index (χ2v) is 11.6. The van der Waals surface area contributed by atoms with Gasteiger partial charge in [-0.25, -0.2) is 13.4 Å². The van der Waals surface area contributed by atoms with Gasteiger partial charge in [0.2, 0.25) is 0 Å². The number of nitrogens with one attached hydrogen (secondary N) is 2. The molecular formula is C28H24N5O5S3-. The van der Waals surface area contributed by atoms with E-state index in [1.165, 1.54) is 18.4 Å². The number of amides is 1. The lowest BCUT2D eigenvalue weighted by Gasteiger charge is -2.42. The molecule has 13 heteroatoms. The average Bonchev–Trinajstić information content (AvgIpc) is 3.45. The molecule has 2 heterocycles. The fraction of sp³-hybridized carbons (Fsp3) is 0.143. The normalized spacial score (nSPS) is 15.7. The summed E-state index contributed by atoms with van der Waals surface area (Å²) in [6.07, 6.45) is 0. The number of carbonyl (C=O) groups is 1. The lowest BCUT2D eigenvalue weighted by molar-refractivity contribution is -0.115. The van der Waals surface area contributed by atoms with Crippen LogP contribution in [0, 0.1) is 0 Å². The van der Waals surface area contributed by atoms with Crippen molar-refractivity contribution in [2.45, 2.75) is 11.6 Å². The van der Waals surface area contributed by atoms with Crippen LogP contribution in [0.25, 0.3) is 0 Å². The van der Waals surface area contributed by atoms with Crippen LogP contribution in [0.1, 0.15) is 22.4 Å². The SMILES string of the molecule is CO/N=C(\C(=O)N[C@H]1CN(S(=O)(=O)[O-])C1=S)c1csc(NC(c2ccccc2)(c2ccccc2)c2ccccc2)n1. The quantitative estimate of drug-likeness (QED) is 0.0921. The van der Waals surface area contributed by atoms with Crippen molar-refractivity contribution in [1.29, 1.82) is 0 Å². The molecule has 0 unspecified atom stereocenters. The van der Waals surface area contributed by atoms with Gasteiger partial charge in [-0.3, -0.25) is 9.10 Å². The molecule has 0 spiro atoms. The number of carbonyl (C=O) groups excluding carboxylic acids is 1. The van der Waals surface area contributed by atoms with Crippen LogP contribution in [0.4, 0.5) is 5.13 Å². The zero-order valence-corrected chi connectivity index (χ0v) is 24.1. The summed E-state index contributed by atoms with van der Waals surface area (Å²) in [7, 11) is -3.44. The van der Waals surface area contributed by atoms with Crippen LogP contribution in [-0.4, -0.2) is 58.6 Å². The first-order chi connectivity index (χ1) is 19.7. The molecule has 2 N–H and O–H groups in total. The minimum Gasteiger partial charge on any atom is -0.731 e. The molecule has 0 aliphatic carbocycles. The molecule has 0 radical (unpaired) electrons. The van der Waals surface area contributed by atoms with E-state index in [-0.39, 0.29) is 22.9 Å². The van der Waals surface area contributed by atoms with Gasteiger partial charge in [0, 0.05) is 5.38 Å². The topological polar surface area (TPSA) is 136 Å². The van der Waals surface area contributed by atoms with E-state index < -0.39 is 27.8 Å². The molecule has 1 aliphatic rings. The smallest absolute Gasteiger partial charge is 0.276 e. The number of hydrogen-bond donors (Lipinski definition) is 2. The Bertz CT molecular complexity index is 1580. The van der Waals surface area contributed by atoms with Gasteiger partial charge in [-0.05, 0) is 16.7 Å². The highest BCUT2D eigenvalue weighted by atomic mass is 32.2. The van der Waals surface area contributed by atoms with Gasteiger partial charge in [-0.1, -0.05) is 108 Å². The highest BCUT2D eigenvalue weighted by Gasteiger charge is 2.39. The first kappa shape index (κ1) is 28.4. The summed E-state index contributed by atoms with van der Waals surface area (Å²) < 4.78 is 34.3. The Morgan fingerprint density at radius 1 is 1.02 bits per heavy atom. The number of aromatic nitrogens is 1. The third kappa shape index (κ3) is 5.70. The number of anilines is 1. The maximum absolute atomic E-state index is 13.1. The fourth-order valence-electron chi connectivity index (χ4n) is 4.61. The van der Waals surface area contributed by atoms with Crippen molar-refractivity contribution in [3.8, 4) is 0 Å². The standard InChI is InChI=1S/C28H25N5O5S3/c1-38-32-24(25(34)29-22-17-33(26(22)39)41(35,36)37)23-18-40-27(30-23)31-28(19-11-5-2-6-12-19,20-13-7-3-8-14-20)21-15-9-4-10-16-21/h2-16,18,22H,17H2,1H3,(H,29,34)(H,30,31)(H,35,36,37)/p-1/b32-24-/t22-/m0/s1. The van der Waals surface area contributed by atoms with Crippen LogP contribution in [0.2, 0.25) is 0 Å². The highest BCUT2D eigenvalue weighted by molar-refractivity contribution is 7.87. The van der Waals surface area contributed by atoms with Crippen LogP contribution < -0.4 is 10.6 Å². The van der Waals surface area contributed by atoms with E-state index in [1.54, 1.807) is 5.38 Å². The predicted molar refractivity (Wildman–Crippen MR) is 159 cm³/mol. The molecule has 1 atom stereocenters. The van der Waals surface area contributed by atoms with Crippen molar-refractivity contribution in [2.24, 2.45) is 5.16 Å². The van der Waals surface area contributed by atoms with E-state index in [0.717, 1.165) is 16.7 Å². The molecule has 1 aromatic heterocycles. The zero-order valence-electron chi connectivity index (χ0n) is 21.6. The average molecular weight is 607 g/mol. The van der Waals surface area contributed by atoms with Crippen molar-refractivity contribution >= 4 is 55.6 Å². The van der Waals surface area contributed by atoms with Gasteiger partial charge in [-0.15, -0.1) is 11.3 Å². The van der Waals surface area contributed by atoms with Crippen molar-refractivity contribution in [3.05, 3.63) is 119 Å². The van der Waals surface area contributed by atoms with Gasteiger partial charge in [0.15, 0.2) is 21.1 Å². The minimum atomic E-state index is -4.73. The van der Waals surface area contributed by atoms with E-state index in [0.29, 0.717) is 9.44 Å². The van der Waals surface area contributed by atoms with Gasteiger partial charge in [0.05, 0.1) is 12.6 Å². The first-order valence-corrected chi connectivity index (χ1v) is 15.0. The molecule has 1 aliphatic heterocycles. The van der Waals surface area contributed by atoms with Gasteiger partial charge < -0.3 is 20.0 Å². The summed E-state index contributed by atoms with van der Waals surface area (Å²) in [5.41, 5.74) is 2.22. The lowest BCUT2D eigenvalue weighted by atomic mass is 9.77. The summed E-state index contributed by atoms with van der Waals surface area (Å²) >= 11 is 6.28. The summed E-state index contributed by atoms with van der Waals surface area (Å²) in [4.78, 5) is 22.5. The van der Waals surface area contributed by atoms with Crippen LogP contribution >= 0.6 is 23.6 Å². The Morgan fingerprint density at radius 2 is 1.54 bits per heavy atom. The molecular weight excluding hydrogens is 583 g/mol. The summed E-state index contributed by atoms with van der Waals surface area (Å²) in [5.74, 6) is -0.681. The molecule has 210 valence electrons. The van der Waals surface area contributed by atoms with Crippen LogP contribution in [-0.2, 0) is 25.5 Å². The number of oxime groups is 1. The number of hydrogen-bond acceptors (Lipinski definition) is 10. The molecule has 10 nitrogen and oxygen atoms in total. The predicted octanol–water partition coefficient (Wildman–Crippen LogP) is 3.49. The van der Waals surface area contributed by atoms with Crippen molar-refractivity contribution in [2.75, 3.05) is 19.0 Å². The van der Waals surface area contributed by atoms with Gasteiger partial charge in [0.1, 0.15) is 23.3 Å². The molecule has 1 saturated heterocycles. The third-order valence-corrected chi connectivity index (χ3v) is 8.79. The molecule has 1 amide bonds. The molecule has 0 saturated carbocycles. The van der Waals surface area contributed by atoms with Gasteiger partial charge in [-0.2, -0.15) is 0 Å². The first-order valence-electron chi connectivity index (χ1n) is 12.3. The van der Waals surface area contributed by atoms with E-state index in [4.69, 9.17) is 17.1 Å². The number of thiazole rings is 1. The molecule has 4 aromatic rings. The second-order valence-electron chi connectivity index (χ2n) is 8.99. The van der Waals surface area contributed by atoms with Crippen molar-refractivity contribution in [1.82, 2.24) is 14.6 Å². The molecule has 1 fully saturated rings. The van der Waals surface area contributed by atoms with E-state index >= 15 is 0 Å². The summed E-state index contributed by atoms with van der Waals surface area (Å²) in [5, 5.41) is 12.3. The maximum Gasteiger partial charge on any atom is 0.276 e. The van der Waals surface area contributed by atoms with E-state index in [1.807, 2.05) is 91.0 Å². The monoisotopic (exact) mass is 606 g/mol. The number of rotatable bonds is 10. The third-order valence-electron chi connectivity index (χ3n) is 6.53. The number of thiocarbonyl (C=S) groups is 1. The zero-order chi connectivity index (χ0) is 29.0. The van der Waals surface area contributed by atoms with Crippen molar-refractivity contribution in [3.63, 3.8) is 0 Å². The minimum absolute atomic E-state index is 0.132. The number of benzene rings is 3. The molecule has 3 aromatic carbocycles. The molecule has 5 rings (SSSR count). The van der Waals surface area contributed by atoms with Crippen LogP contribution in [0.5, 0.6) is 0 Å².